The van der Waals surface area contributed by atoms with Gasteiger partial charge in [-0.2, -0.15) is 0 Å². The third kappa shape index (κ3) is 8.04. The van der Waals surface area contributed by atoms with E-state index in [4.69, 9.17) is 0 Å². The number of methoxy groups -OCH3 is 1. The second-order valence-corrected chi connectivity index (χ2v) is 6.57. The van der Waals surface area contributed by atoms with Gasteiger partial charge < -0.3 is 20.7 Å². The Kier molecular flexibility index (Phi) is 11.5. The zero-order valence-corrected chi connectivity index (χ0v) is 19.0. The molecule has 1 unspecified atom stereocenters. The van der Waals surface area contributed by atoms with Crippen molar-refractivity contribution in [2.45, 2.75) is 44.9 Å². The molecule has 0 saturated heterocycles. The Hall–Kier alpha value is -1.84. The molecular weight excluding hydrogens is 471 g/mol. The number of aliphatic imine (C=N–C) groups is 1. The number of fused-ring (bicyclic) bond motifs is 1. The molecule has 1 aliphatic rings. The Labute approximate surface area is 184 Å². The average Bonchev–Trinajstić information content (AvgIpc) is 2.67. The number of amides is 1. The van der Waals surface area contributed by atoms with Crippen molar-refractivity contribution in [3.05, 3.63) is 29.8 Å². The van der Waals surface area contributed by atoms with Crippen molar-refractivity contribution in [2.24, 2.45) is 4.99 Å². The SMILES string of the molecule is CCNC(=NCC1CC(=O)Nc2ccccc21)NCCCCCC(=O)OC.I. The Bertz CT molecular complexity index is 667. The molecular formula is C20H31IN4O3. The zero-order valence-electron chi connectivity index (χ0n) is 16.6. The largest absolute Gasteiger partial charge is 0.469 e. The minimum atomic E-state index is -0.158. The fraction of sp³-hybridized carbons (Fsp3) is 0.550. The van der Waals surface area contributed by atoms with Crippen LogP contribution in [0, 0.1) is 0 Å². The van der Waals surface area contributed by atoms with Crippen LogP contribution in [0.5, 0.6) is 0 Å². The number of para-hydroxylation sites is 1. The van der Waals surface area contributed by atoms with Crippen molar-refractivity contribution in [3.63, 3.8) is 0 Å². The number of nitrogens with one attached hydrogen (secondary N) is 3. The number of halogens is 1. The summed E-state index contributed by atoms with van der Waals surface area (Å²) in [5.41, 5.74) is 2.03. The number of esters is 1. The summed E-state index contributed by atoms with van der Waals surface area (Å²) in [7, 11) is 1.41. The number of guanidine groups is 1. The molecule has 1 aromatic carbocycles. The summed E-state index contributed by atoms with van der Waals surface area (Å²) in [6.07, 6.45) is 3.66. The first-order valence-electron chi connectivity index (χ1n) is 9.61. The highest BCUT2D eigenvalue weighted by atomic mass is 127. The Morgan fingerprint density at radius 3 is 2.79 bits per heavy atom. The molecule has 0 aliphatic carbocycles. The van der Waals surface area contributed by atoms with Crippen molar-refractivity contribution < 1.29 is 14.3 Å². The Balaban J connectivity index is 0.00000392. The molecule has 0 radical (unpaired) electrons. The number of benzene rings is 1. The number of carbonyl (C=O) groups excluding carboxylic acids is 2. The predicted octanol–water partition coefficient (Wildman–Crippen LogP) is 3.02. The summed E-state index contributed by atoms with van der Waals surface area (Å²) < 4.78 is 4.64. The summed E-state index contributed by atoms with van der Waals surface area (Å²) in [4.78, 5) is 27.7. The van der Waals surface area contributed by atoms with Gasteiger partial charge in [-0.15, -0.1) is 24.0 Å². The molecule has 1 aliphatic heterocycles. The van der Waals surface area contributed by atoms with E-state index in [1.54, 1.807) is 0 Å². The van der Waals surface area contributed by atoms with Gasteiger partial charge in [-0.3, -0.25) is 14.6 Å². The number of unbranched alkanes of at least 4 members (excludes halogenated alkanes) is 2. The van der Waals surface area contributed by atoms with Crippen molar-refractivity contribution >= 4 is 47.5 Å². The Morgan fingerprint density at radius 1 is 1.25 bits per heavy atom. The van der Waals surface area contributed by atoms with Gasteiger partial charge in [0.25, 0.3) is 0 Å². The van der Waals surface area contributed by atoms with Gasteiger partial charge in [0.15, 0.2) is 5.96 Å². The molecule has 156 valence electrons. The second kappa shape index (κ2) is 13.4. The quantitative estimate of drug-likeness (QED) is 0.159. The number of rotatable bonds is 9. The van der Waals surface area contributed by atoms with E-state index < -0.39 is 0 Å². The maximum absolute atomic E-state index is 11.9. The van der Waals surface area contributed by atoms with Gasteiger partial charge in [0, 0.05) is 37.5 Å². The molecule has 1 atom stereocenters. The number of carbonyl (C=O) groups is 2. The van der Waals surface area contributed by atoms with Crippen molar-refractivity contribution in [1.82, 2.24) is 10.6 Å². The molecule has 1 aromatic rings. The van der Waals surface area contributed by atoms with Crippen LogP contribution in [0.3, 0.4) is 0 Å². The van der Waals surface area contributed by atoms with E-state index in [-0.39, 0.29) is 41.8 Å². The van der Waals surface area contributed by atoms with Crippen LogP contribution in [0.15, 0.2) is 29.3 Å². The number of anilines is 1. The second-order valence-electron chi connectivity index (χ2n) is 6.57. The molecule has 0 saturated carbocycles. The highest BCUT2D eigenvalue weighted by Crippen LogP contribution is 2.31. The van der Waals surface area contributed by atoms with Crippen LogP contribution < -0.4 is 16.0 Å². The molecule has 2 rings (SSSR count). The van der Waals surface area contributed by atoms with Crippen LogP contribution in [-0.2, 0) is 14.3 Å². The fourth-order valence-corrected chi connectivity index (χ4v) is 3.09. The molecule has 8 heteroatoms. The lowest BCUT2D eigenvalue weighted by Crippen LogP contribution is -2.38. The minimum absolute atomic E-state index is 0. The maximum Gasteiger partial charge on any atom is 0.305 e. The van der Waals surface area contributed by atoms with E-state index in [2.05, 4.69) is 31.7 Å². The van der Waals surface area contributed by atoms with Gasteiger partial charge >= 0.3 is 5.97 Å². The standard InChI is InChI=1S/C20H30N4O3.HI/c1-3-21-20(22-12-8-4-5-11-19(26)27-2)23-14-15-13-18(25)24-17-10-7-6-9-16(15)17;/h6-7,9-10,15H,3-5,8,11-14H2,1-2H3,(H,24,25)(H2,21,22,23);1H. The number of hydrogen-bond donors (Lipinski definition) is 3. The molecule has 3 N–H and O–H groups in total. The van der Waals surface area contributed by atoms with Crippen LogP contribution in [0.1, 0.15) is 50.5 Å². The smallest absolute Gasteiger partial charge is 0.305 e. The first kappa shape index (κ1) is 24.2. The molecule has 0 bridgehead atoms. The fourth-order valence-electron chi connectivity index (χ4n) is 3.09. The number of nitrogens with zero attached hydrogens (tertiary/aromatic N) is 1. The lowest BCUT2D eigenvalue weighted by atomic mass is 9.91. The number of hydrogen-bond acceptors (Lipinski definition) is 4. The molecule has 0 aromatic heterocycles. The summed E-state index contributed by atoms with van der Waals surface area (Å²) in [6, 6.07) is 7.90. The lowest BCUT2D eigenvalue weighted by Gasteiger charge is -2.24. The van der Waals surface area contributed by atoms with Gasteiger partial charge in [-0.25, -0.2) is 0 Å². The molecule has 7 nitrogen and oxygen atoms in total. The third-order valence-electron chi connectivity index (χ3n) is 4.50. The van der Waals surface area contributed by atoms with Gasteiger partial charge in [-0.1, -0.05) is 24.6 Å². The molecule has 28 heavy (non-hydrogen) atoms. The summed E-state index contributed by atoms with van der Waals surface area (Å²) in [6.45, 7) is 4.14. The summed E-state index contributed by atoms with van der Waals surface area (Å²) in [5.74, 6) is 0.728. The first-order valence-corrected chi connectivity index (χ1v) is 9.61. The van der Waals surface area contributed by atoms with Gasteiger partial charge in [-0.05, 0) is 31.4 Å². The van der Waals surface area contributed by atoms with Gasteiger partial charge in [0.05, 0.1) is 13.7 Å². The van der Waals surface area contributed by atoms with E-state index in [0.717, 1.165) is 49.6 Å². The molecule has 1 amide bonds. The van der Waals surface area contributed by atoms with Crippen molar-refractivity contribution in [1.29, 1.82) is 0 Å². The van der Waals surface area contributed by atoms with E-state index >= 15 is 0 Å². The van der Waals surface area contributed by atoms with Crippen molar-refractivity contribution in [2.75, 3.05) is 32.1 Å². The normalized spacial score (nSPS) is 15.7. The van der Waals surface area contributed by atoms with Crippen LogP contribution in [0.4, 0.5) is 5.69 Å². The molecule has 0 spiro atoms. The van der Waals surface area contributed by atoms with E-state index in [9.17, 15) is 9.59 Å². The summed E-state index contributed by atoms with van der Waals surface area (Å²) >= 11 is 0. The van der Waals surface area contributed by atoms with Crippen LogP contribution in [-0.4, -0.2) is 44.6 Å². The van der Waals surface area contributed by atoms with E-state index in [0.29, 0.717) is 19.4 Å². The maximum atomic E-state index is 11.9. The van der Waals surface area contributed by atoms with E-state index in [1.807, 2.05) is 25.1 Å². The highest BCUT2D eigenvalue weighted by molar-refractivity contribution is 14.0. The topological polar surface area (TPSA) is 91.8 Å². The van der Waals surface area contributed by atoms with Crippen molar-refractivity contribution in [3.8, 4) is 0 Å². The molecule has 1 heterocycles. The zero-order chi connectivity index (χ0) is 19.5. The van der Waals surface area contributed by atoms with Crippen LogP contribution in [0.25, 0.3) is 0 Å². The third-order valence-corrected chi connectivity index (χ3v) is 4.50. The van der Waals surface area contributed by atoms with E-state index in [1.165, 1.54) is 7.11 Å². The monoisotopic (exact) mass is 502 g/mol. The Morgan fingerprint density at radius 2 is 2.04 bits per heavy atom. The summed E-state index contributed by atoms with van der Waals surface area (Å²) in [5, 5.41) is 9.48. The van der Waals surface area contributed by atoms with Crippen LogP contribution in [0.2, 0.25) is 0 Å². The number of ether oxygens (including phenoxy) is 1. The highest BCUT2D eigenvalue weighted by Gasteiger charge is 2.24. The lowest BCUT2D eigenvalue weighted by molar-refractivity contribution is -0.140. The van der Waals surface area contributed by atoms with Gasteiger partial charge in [0.1, 0.15) is 0 Å². The average molecular weight is 502 g/mol. The van der Waals surface area contributed by atoms with Gasteiger partial charge in [0.2, 0.25) is 5.91 Å². The molecule has 0 fully saturated rings. The van der Waals surface area contributed by atoms with Crippen LogP contribution >= 0.6 is 24.0 Å². The minimum Gasteiger partial charge on any atom is -0.469 e. The predicted molar refractivity (Wildman–Crippen MR) is 122 cm³/mol. The first-order chi connectivity index (χ1) is 13.1.